The molecule has 2 aromatic carbocycles. The number of benzene rings is 2. The van der Waals surface area contributed by atoms with Crippen molar-refractivity contribution in [3.05, 3.63) is 48.0 Å². The molecule has 0 aromatic heterocycles. The molecule has 0 atom stereocenters. The number of carbonyl (C=O) groups is 2. The lowest BCUT2D eigenvalue weighted by atomic mass is 10.1. The normalized spacial score (nSPS) is 19.6. The molecule has 8 nitrogen and oxygen atoms in total. The maximum absolute atomic E-state index is 12.6. The van der Waals surface area contributed by atoms with E-state index in [1.54, 1.807) is 12.1 Å². The highest BCUT2D eigenvalue weighted by molar-refractivity contribution is 6.04. The number of ketones is 1. The topological polar surface area (TPSA) is 82.7 Å². The second kappa shape index (κ2) is 9.80. The van der Waals surface area contributed by atoms with Crippen molar-refractivity contribution in [2.24, 2.45) is 0 Å². The lowest BCUT2D eigenvalue weighted by molar-refractivity contribution is -1.01. The number of para-hydroxylation sites is 1. The largest absolute Gasteiger partial charge is 0.488 e. The zero-order valence-electron chi connectivity index (χ0n) is 17.7. The number of rotatable bonds is 8. The van der Waals surface area contributed by atoms with E-state index in [1.807, 2.05) is 30.3 Å². The predicted molar refractivity (Wildman–Crippen MR) is 114 cm³/mol. The van der Waals surface area contributed by atoms with Crippen molar-refractivity contribution in [1.82, 2.24) is 0 Å². The van der Waals surface area contributed by atoms with E-state index >= 15 is 0 Å². The van der Waals surface area contributed by atoms with Crippen molar-refractivity contribution >= 4 is 17.4 Å². The number of anilines is 1. The molecule has 1 fully saturated rings. The predicted octanol–water partition coefficient (Wildman–Crippen LogP) is -0.581. The van der Waals surface area contributed by atoms with Gasteiger partial charge in [0.2, 0.25) is 6.79 Å². The zero-order chi connectivity index (χ0) is 21.6. The fraction of sp³-hybridized carbons (Fsp3) is 0.391. The van der Waals surface area contributed by atoms with Gasteiger partial charge in [-0.2, -0.15) is 0 Å². The monoisotopic (exact) mass is 427 g/mol. The molecule has 0 radical (unpaired) electrons. The highest BCUT2D eigenvalue weighted by Crippen LogP contribution is 2.37. The highest BCUT2D eigenvalue weighted by atomic mass is 16.7. The Hall–Kier alpha value is -3.10. The van der Waals surface area contributed by atoms with Gasteiger partial charge in [0.15, 0.2) is 23.8 Å². The number of Topliss-reactive ketones (excluding diaryl/α,β-unsaturated/α-hetero) is 1. The van der Waals surface area contributed by atoms with Crippen LogP contribution in [0.15, 0.2) is 42.5 Å². The number of hydrogen-bond acceptors (Lipinski definition) is 5. The van der Waals surface area contributed by atoms with Crippen LogP contribution in [0.3, 0.4) is 0 Å². The first kappa shape index (κ1) is 21.1. The number of piperazine rings is 1. The van der Waals surface area contributed by atoms with Crippen molar-refractivity contribution < 1.29 is 33.6 Å². The van der Waals surface area contributed by atoms with Crippen LogP contribution in [0.4, 0.5) is 5.69 Å². The van der Waals surface area contributed by atoms with E-state index in [-0.39, 0.29) is 18.5 Å². The first-order chi connectivity index (χ1) is 15.1. The van der Waals surface area contributed by atoms with Gasteiger partial charge in [0.25, 0.3) is 5.91 Å². The van der Waals surface area contributed by atoms with Crippen LogP contribution in [-0.4, -0.2) is 64.4 Å². The molecule has 2 aliphatic heterocycles. The van der Waals surface area contributed by atoms with Crippen LogP contribution in [0.2, 0.25) is 0 Å². The second-order valence-electron chi connectivity index (χ2n) is 7.94. The minimum Gasteiger partial charge on any atom is -0.488 e. The summed E-state index contributed by atoms with van der Waals surface area (Å²) in [6.07, 6.45) is 0. The molecule has 0 bridgehead atoms. The lowest BCUT2D eigenvalue weighted by Gasteiger charge is -2.29. The first-order valence-corrected chi connectivity index (χ1v) is 10.7. The molecule has 0 aliphatic carbocycles. The van der Waals surface area contributed by atoms with Crippen LogP contribution in [0.1, 0.15) is 17.3 Å². The molecule has 2 aliphatic rings. The minimum absolute atomic E-state index is 0.104. The Morgan fingerprint density at radius 2 is 1.68 bits per heavy atom. The standard InChI is InChI=1S/C23H27N3O5/c1-17(27)19-13-21-22(31-16-30-21)14-20(19)24-23(28)15-26-9-7-25(8-10-26)11-12-29-18-5-3-2-4-6-18/h2-6,13-14H,7-12,15-16H2,1H3,(H,24,28)/p+2. The SMILES string of the molecule is CC(=O)c1cc2c(cc1NC(=O)C[NH+]1CC[NH+](CCOc3ccccc3)CC1)OCO2. The van der Waals surface area contributed by atoms with Gasteiger partial charge in [-0.3, -0.25) is 9.59 Å². The fourth-order valence-electron chi connectivity index (χ4n) is 3.97. The Labute approximate surface area is 181 Å². The third-order valence-electron chi connectivity index (χ3n) is 5.71. The molecule has 0 saturated carbocycles. The van der Waals surface area contributed by atoms with Gasteiger partial charge in [-0.05, 0) is 25.1 Å². The molecule has 31 heavy (non-hydrogen) atoms. The van der Waals surface area contributed by atoms with Crippen LogP contribution in [0.25, 0.3) is 0 Å². The molecule has 1 amide bonds. The summed E-state index contributed by atoms with van der Waals surface area (Å²) in [5.41, 5.74) is 0.906. The van der Waals surface area contributed by atoms with Gasteiger partial charge in [0, 0.05) is 11.6 Å². The van der Waals surface area contributed by atoms with Crippen molar-refractivity contribution in [2.45, 2.75) is 6.92 Å². The van der Waals surface area contributed by atoms with Gasteiger partial charge < -0.3 is 29.3 Å². The zero-order valence-corrected chi connectivity index (χ0v) is 17.7. The number of carbonyl (C=O) groups excluding carboxylic acids is 2. The third kappa shape index (κ3) is 5.53. The van der Waals surface area contributed by atoms with Crippen LogP contribution < -0.4 is 29.3 Å². The molecular weight excluding hydrogens is 398 g/mol. The second-order valence-corrected chi connectivity index (χ2v) is 7.94. The van der Waals surface area contributed by atoms with Crippen LogP contribution in [-0.2, 0) is 4.79 Å². The van der Waals surface area contributed by atoms with Gasteiger partial charge >= 0.3 is 0 Å². The van der Waals surface area contributed by atoms with E-state index in [1.165, 1.54) is 16.7 Å². The Morgan fingerprint density at radius 3 is 2.39 bits per heavy atom. The minimum atomic E-state index is -0.129. The van der Waals surface area contributed by atoms with Gasteiger partial charge in [-0.1, -0.05) is 18.2 Å². The highest BCUT2D eigenvalue weighted by Gasteiger charge is 2.26. The average molecular weight is 428 g/mol. The van der Waals surface area contributed by atoms with E-state index in [0.29, 0.717) is 35.9 Å². The van der Waals surface area contributed by atoms with E-state index in [2.05, 4.69) is 5.32 Å². The summed E-state index contributed by atoms with van der Waals surface area (Å²) < 4.78 is 16.5. The Kier molecular flexibility index (Phi) is 6.69. The maximum atomic E-state index is 12.6. The van der Waals surface area contributed by atoms with Crippen molar-refractivity contribution in [3.8, 4) is 17.2 Å². The average Bonchev–Trinajstić information content (AvgIpc) is 3.22. The van der Waals surface area contributed by atoms with Crippen LogP contribution >= 0.6 is 0 Å². The fourth-order valence-corrected chi connectivity index (χ4v) is 3.97. The van der Waals surface area contributed by atoms with E-state index in [9.17, 15) is 9.59 Å². The molecule has 4 rings (SSSR count). The smallest absolute Gasteiger partial charge is 0.279 e. The summed E-state index contributed by atoms with van der Waals surface area (Å²) in [6.45, 7) is 7.47. The Morgan fingerprint density at radius 1 is 1.00 bits per heavy atom. The molecule has 0 spiro atoms. The summed E-state index contributed by atoms with van der Waals surface area (Å²) in [4.78, 5) is 27.3. The molecule has 8 heteroatoms. The number of fused-ring (bicyclic) bond motifs is 1. The number of ether oxygens (including phenoxy) is 3. The van der Waals surface area contributed by atoms with E-state index in [0.717, 1.165) is 38.5 Å². The quantitative estimate of drug-likeness (QED) is 0.491. The van der Waals surface area contributed by atoms with Gasteiger partial charge in [0.05, 0.1) is 5.69 Å². The van der Waals surface area contributed by atoms with Crippen molar-refractivity contribution in [2.75, 3.05) is 58.0 Å². The summed E-state index contributed by atoms with van der Waals surface area (Å²) >= 11 is 0. The van der Waals surface area contributed by atoms with Gasteiger partial charge in [-0.15, -0.1) is 0 Å². The Bertz CT molecular complexity index is 926. The summed E-state index contributed by atoms with van der Waals surface area (Å²) in [6, 6.07) is 13.1. The first-order valence-electron chi connectivity index (χ1n) is 10.7. The number of hydrogen-bond donors (Lipinski definition) is 3. The van der Waals surface area contributed by atoms with Crippen LogP contribution in [0, 0.1) is 0 Å². The summed E-state index contributed by atoms with van der Waals surface area (Å²) in [5, 5.41) is 2.89. The lowest BCUT2D eigenvalue weighted by Crippen LogP contribution is -3.28. The van der Waals surface area contributed by atoms with Crippen molar-refractivity contribution in [3.63, 3.8) is 0 Å². The number of nitrogens with one attached hydrogen (secondary N) is 3. The van der Waals surface area contributed by atoms with Gasteiger partial charge in [0.1, 0.15) is 45.1 Å². The molecular formula is C23H29N3O5+2. The van der Waals surface area contributed by atoms with E-state index in [4.69, 9.17) is 14.2 Å². The molecule has 3 N–H and O–H groups in total. The molecule has 0 unspecified atom stereocenters. The molecule has 2 aromatic rings. The number of amides is 1. The number of quaternary nitrogens is 2. The molecule has 1 saturated heterocycles. The Balaban J connectivity index is 1.23. The van der Waals surface area contributed by atoms with Crippen LogP contribution in [0.5, 0.6) is 17.2 Å². The molecule has 2 heterocycles. The van der Waals surface area contributed by atoms with E-state index < -0.39 is 0 Å². The summed E-state index contributed by atoms with van der Waals surface area (Å²) in [5.74, 6) is 1.74. The molecule has 164 valence electrons. The van der Waals surface area contributed by atoms with Crippen molar-refractivity contribution in [1.29, 1.82) is 0 Å². The maximum Gasteiger partial charge on any atom is 0.279 e. The van der Waals surface area contributed by atoms with Gasteiger partial charge in [-0.25, -0.2) is 0 Å². The third-order valence-corrected chi connectivity index (χ3v) is 5.71. The summed E-state index contributed by atoms with van der Waals surface area (Å²) in [7, 11) is 0.